The lowest BCUT2D eigenvalue weighted by atomic mass is 9.98. The second-order valence-corrected chi connectivity index (χ2v) is 5.76. The van der Waals surface area contributed by atoms with E-state index >= 15 is 0 Å². The average molecular weight is 353 g/mol. The van der Waals surface area contributed by atoms with Crippen molar-refractivity contribution in [1.29, 1.82) is 0 Å². The highest BCUT2D eigenvalue weighted by molar-refractivity contribution is 6.35. The normalized spacial score (nSPS) is 11.0. The molecule has 0 aliphatic rings. The van der Waals surface area contributed by atoms with E-state index in [9.17, 15) is 9.18 Å². The van der Waals surface area contributed by atoms with Gasteiger partial charge >= 0.3 is 5.97 Å². The van der Waals surface area contributed by atoms with Crippen LogP contribution in [0.5, 0.6) is 0 Å². The third-order valence-electron chi connectivity index (χ3n) is 3.54. The van der Waals surface area contributed by atoms with Gasteiger partial charge in [-0.15, -0.1) is 0 Å². The van der Waals surface area contributed by atoms with Gasteiger partial charge in [0.25, 0.3) is 0 Å². The lowest BCUT2D eigenvalue weighted by Gasteiger charge is -2.11. The maximum atomic E-state index is 14.8. The number of esters is 1. The summed E-state index contributed by atoms with van der Waals surface area (Å²) < 4.78 is 19.5. The minimum absolute atomic E-state index is 0.120. The van der Waals surface area contributed by atoms with Crippen LogP contribution in [0.15, 0.2) is 30.6 Å². The number of nitrogens with zero attached hydrogens (tertiary/aromatic N) is 1. The van der Waals surface area contributed by atoms with Crippen molar-refractivity contribution in [2.45, 2.75) is 6.42 Å². The molecule has 0 saturated carbocycles. The van der Waals surface area contributed by atoms with Gasteiger partial charge in [0, 0.05) is 22.0 Å². The van der Waals surface area contributed by atoms with Crippen LogP contribution in [-0.2, 0) is 11.2 Å². The molecule has 1 aromatic heterocycles. The van der Waals surface area contributed by atoms with Crippen LogP contribution in [0.25, 0.3) is 11.0 Å². The summed E-state index contributed by atoms with van der Waals surface area (Å²) in [5.74, 6) is -1.20. The van der Waals surface area contributed by atoms with Crippen LogP contribution in [0.2, 0.25) is 10.0 Å². The maximum Gasteiger partial charge on any atom is 0.338 e. The van der Waals surface area contributed by atoms with Gasteiger partial charge in [0.1, 0.15) is 5.52 Å². The lowest BCUT2D eigenvalue weighted by Crippen LogP contribution is -2.09. The number of carbonyl (C=O) groups is 1. The second-order valence-electron chi connectivity index (χ2n) is 4.92. The minimum atomic E-state index is -0.625. The Morgan fingerprint density at radius 2 is 2.13 bits per heavy atom. The Balaban J connectivity index is 2.17. The number of nitrogens with one attached hydrogen (secondary N) is 1. The Kier molecular flexibility index (Phi) is 4.24. The van der Waals surface area contributed by atoms with Crippen molar-refractivity contribution in [3.8, 4) is 0 Å². The Hall–Kier alpha value is -2.11. The highest BCUT2D eigenvalue weighted by Gasteiger charge is 2.21. The van der Waals surface area contributed by atoms with E-state index in [0.29, 0.717) is 21.1 Å². The van der Waals surface area contributed by atoms with E-state index in [-0.39, 0.29) is 23.1 Å². The molecular formula is C16H11Cl2FN2O2. The third-order valence-corrected chi connectivity index (χ3v) is 4.13. The lowest BCUT2D eigenvalue weighted by molar-refractivity contribution is 0.0599. The van der Waals surface area contributed by atoms with Gasteiger partial charge in [-0.1, -0.05) is 29.3 Å². The summed E-state index contributed by atoms with van der Waals surface area (Å²) in [6.45, 7) is 0. The first kappa shape index (κ1) is 15.8. The van der Waals surface area contributed by atoms with E-state index < -0.39 is 11.8 Å². The zero-order chi connectivity index (χ0) is 16.6. The number of fused-ring (bicyclic) bond motifs is 1. The predicted octanol–water partition coefficient (Wildman–Crippen LogP) is 4.39. The highest BCUT2D eigenvalue weighted by atomic mass is 35.5. The molecule has 3 rings (SSSR count). The van der Waals surface area contributed by atoms with Gasteiger partial charge in [-0.2, -0.15) is 0 Å². The fraction of sp³-hybridized carbons (Fsp3) is 0.125. The summed E-state index contributed by atoms with van der Waals surface area (Å²) in [6, 6.07) is 6.45. The molecule has 4 nitrogen and oxygen atoms in total. The topological polar surface area (TPSA) is 55.0 Å². The summed E-state index contributed by atoms with van der Waals surface area (Å²) in [7, 11) is 1.25. The van der Waals surface area contributed by atoms with E-state index in [2.05, 4.69) is 9.97 Å². The van der Waals surface area contributed by atoms with Crippen LogP contribution in [-0.4, -0.2) is 23.0 Å². The molecule has 0 amide bonds. The SMILES string of the molecule is COC(=O)c1cc2[nH]cnc2c(F)c1Cc1ccc(Cl)cc1Cl. The monoisotopic (exact) mass is 352 g/mol. The third kappa shape index (κ3) is 2.90. The van der Waals surface area contributed by atoms with Crippen LogP contribution in [0.4, 0.5) is 4.39 Å². The molecule has 0 aliphatic carbocycles. The maximum absolute atomic E-state index is 14.8. The zero-order valence-corrected chi connectivity index (χ0v) is 13.5. The summed E-state index contributed by atoms with van der Waals surface area (Å²) in [4.78, 5) is 18.7. The summed E-state index contributed by atoms with van der Waals surface area (Å²) in [5, 5.41) is 0.880. The number of aromatic nitrogens is 2. The Bertz CT molecular complexity index is 908. The molecule has 0 fully saturated rings. The van der Waals surface area contributed by atoms with Gasteiger partial charge in [0.2, 0.25) is 0 Å². The molecular weight excluding hydrogens is 342 g/mol. The zero-order valence-electron chi connectivity index (χ0n) is 12.0. The quantitative estimate of drug-likeness (QED) is 0.711. The molecule has 7 heteroatoms. The van der Waals surface area contributed by atoms with Crippen LogP contribution >= 0.6 is 23.2 Å². The second kappa shape index (κ2) is 6.18. The number of halogens is 3. The van der Waals surface area contributed by atoms with Crippen molar-refractivity contribution in [2.24, 2.45) is 0 Å². The van der Waals surface area contributed by atoms with Crippen molar-refractivity contribution < 1.29 is 13.9 Å². The molecule has 0 aliphatic heterocycles. The Morgan fingerprint density at radius 3 is 2.83 bits per heavy atom. The standard InChI is InChI=1S/C16H11Cl2FN2O2/c1-23-16(22)11-6-13-15(21-7-20-13)14(19)10(11)4-8-2-3-9(17)5-12(8)18/h2-3,5-7H,4H2,1H3,(H,20,21). The molecule has 1 heterocycles. The van der Waals surface area contributed by atoms with Gasteiger partial charge in [-0.05, 0) is 23.8 Å². The number of hydrogen-bond acceptors (Lipinski definition) is 3. The average Bonchev–Trinajstić information content (AvgIpc) is 3.00. The van der Waals surface area contributed by atoms with E-state index in [4.69, 9.17) is 27.9 Å². The molecule has 0 bridgehead atoms. The number of aromatic amines is 1. The van der Waals surface area contributed by atoms with E-state index in [0.717, 1.165) is 0 Å². The molecule has 3 aromatic rings. The highest BCUT2D eigenvalue weighted by Crippen LogP contribution is 2.29. The molecule has 2 aromatic carbocycles. The van der Waals surface area contributed by atoms with Gasteiger partial charge < -0.3 is 9.72 Å². The van der Waals surface area contributed by atoms with Crippen LogP contribution in [0.3, 0.4) is 0 Å². The van der Waals surface area contributed by atoms with Gasteiger partial charge in [-0.3, -0.25) is 0 Å². The Morgan fingerprint density at radius 1 is 1.35 bits per heavy atom. The fourth-order valence-electron chi connectivity index (χ4n) is 2.40. The molecule has 0 unspecified atom stereocenters. The van der Waals surface area contributed by atoms with Crippen LogP contribution in [0, 0.1) is 5.82 Å². The molecule has 23 heavy (non-hydrogen) atoms. The first-order valence-corrected chi connectivity index (χ1v) is 7.43. The van der Waals surface area contributed by atoms with Gasteiger partial charge in [-0.25, -0.2) is 14.2 Å². The number of methoxy groups -OCH3 is 1. The Labute approximate surface area is 141 Å². The van der Waals surface area contributed by atoms with Crippen LogP contribution in [0.1, 0.15) is 21.5 Å². The fourth-order valence-corrected chi connectivity index (χ4v) is 2.88. The minimum Gasteiger partial charge on any atom is -0.465 e. The smallest absolute Gasteiger partial charge is 0.338 e. The van der Waals surface area contributed by atoms with E-state index in [1.807, 2.05) is 0 Å². The number of carbonyl (C=O) groups excluding carboxylic acids is 1. The molecule has 0 radical (unpaired) electrons. The molecule has 0 saturated heterocycles. The first-order valence-electron chi connectivity index (χ1n) is 6.68. The molecule has 118 valence electrons. The van der Waals surface area contributed by atoms with Crippen molar-refractivity contribution >= 4 is 40.2 Å². The summed E-state index contributed by atoms with van der Waals surface area (Å²) >= 11 is 12.0. The van der Waals surface area contributed by atoms with E-state index in [1.165, 1.54) is 19.5 Å². The number of ether oxygens (including phenoxy) is 1. The molecule has 1 N–H and O–H groups in total. The van der Waals surface area contributed by atoms with E-state index in [1.54, 1.807) is 18.2 Å². The number of rotatable bonds is 3. The molecule has 0 atom stereocenters. The largest absolute Gasteiger partial charge is 0.465 e. The van der Waals surface area contributed by atoms with Gasteiger partial charge in [0.05, 0.1) is 24.5 Å². The van der Waals surface area contributed by atoms with Crippen molar-refractivity contribution in [1.82, 2.24) is 9.97 Å². The predicted molar refractivity (Wildman–Crippen MR) is 86.7 cm³/mol. The summed E-state index contributed by atoms with van der Waals surface area (Å²) in [6.07, 6.45) is 1.49. The van der Waals surface area contributed by atoms with Gasteiger partial charge in [0.15, 0.2) is 5.82 Å². The van der Waals surface area contributed by atoms with Crippen molar-refractivity contribution in [3.05, 3.63) is 63.1 Å². The van der Waals surface area contributed by atoms with Crippen LogP contribution < -0.4 is 0 Å². The number of H-pyrrole nitrogens is 1. The van der Waals surface area contributed by atoms with Crippen molar-refractivity contribution in [3.63, 3.8) is 0 Å². The number of hydrogen-bond donors (Lipinski definition) is 1. The number of benzene rings is 2. The first-order chi connectivity index (χ1) is 11.0. The van der Waals surface area contributed by atoms with Crippen molar-refractivity contribution in [2.75, 3.05) is 7.11 Å². The summed E-state index contributed by atoms with van der Waals surface area (Å²) in [5.41, 5.74) is 1.55. The number of imidazole rings is 1. The molecule has 0 spiro atoms.